The third-order valence-corrected chi connectivity index (χ3v) is 13.5. The van der Waals surface area contributed by atoms with Crippen LogP contribution < -0.4 is 10.2 Å². The molecule has 332 valence electrons. The smallest absolute Gasteiger partial charge is 0.326 e. The molecule has 4 aromatic rings. The van der Waals surface area contributed by atoms with E-state index >= 15 is 0 Å². The molecule has 0 radical (unpaired) electrons. The average Bonchev–Trinajstić information content (AvgIpc) is 4.00. The molecule has 2 aliphatic heterocycles. The lowest BCUT2D eigenvalue weighted by molar-refractivity contribution is -0.142. The Labute approximate surface area is 376 Å². The highest BCUT2D eigenvalue weighted by atomic mass is 35.5. The lowest BCUT2D eigenvalue weighted by Gasteiger charge is -2.23. The van der Waals surface area contributed by atoms with Gasteiger partial charge in [0.25, 0.3) is 0 Å². The second kappa shape index (κ2) is 18.7. The van der Waals surface area contributed by atoms with Crippen LogP contribution in [0.1, 0.15) is 142 Å². The van der Waals surface area contributed by atoms with E-state index in [1.165, 1.54) is 14.0 Å². The predicted molar refractivity (Wildman–Crippen MR) is 245 cm³/mol. The molecule has 8 bridgehead atoms. The van der Waals surface area contributed by atoms with Gasteiger partial charge in [0.05, 0.1) is 23.8 Å². The number of Topliss-reactive ketones (excluding diaryl/α,β-unsaturated/α-hetero) is 2. The van der Waals surface area contributed by atoms with Crippen LogP contribution >= 0.6 is 23.2 Å². The summed E-state index contributed by atoms with van der Waals surface area (Å²) in [6, 6.07) is 12.0. The Hall–Kier alpha value is -5.53. The number of carboxylic acid groups (broad SMARTS) is 1. The zero-order valence-electron chi connectivity index (χ0n) is 36.7. The molecule has 1 amide bonds. The molecule has 0 saturated heterocycles. The number of aryl methyl sites for hydroxylation is 2. The Kier molecular flexibility index (Phi) is 13.5. The van der Waals surface area contributed by atoms with Crippen LogP contribution in [0.15, 0.2) is 42.5 Å². The summed E-state index contributed by atoms with van der Waals surface area (Å²) >= 11 is 12.0. The van der Waals surface area contributed by atoms with E-state index in [2.05, 4.69) is 29.1 Å². The lowest BCUT2D eigenvalue weighted by Crippen LogP contribution is -2.42. The number of aromatic nitrogens is 4. The number of nitrogens with one attached hydrogen (secondary N) is 3. The highest BCUT2D eigenvalue weighted by Gasteiger charge is 2.45. The molecule has 13 nitrogen and oxygen atoms in total. The number of carbonyl (C=O) groups is 5. The van der Waals surface area contributed by atoms with Crippen molar-refractivity contribution in [1.82, 2.24) is 25.3 Å². The van der Waals surface area contributed by atoms with Crippen LogP contribution in [0.2, 0.25) is 0 Å². The van der Waals surface area contributed by atoms with Crippen molar-refractivity contribution in [1.29, 1.82) is 0 Å². The number of benzene rings is 1. The summed E-state index contributed by atoms with van der Waals surface area (Å²) in [6.45, 7) is 12.7. The van der Waals surface area contributed by atoms with Gasteiger partial charge in [-0.3, -0.25) is 29.1 Å². The molecule has 1 unspecified atom stereocenters. The number of amides is 1. The monoisotopic (exact) mass is 896 g/mol. The molecule has 4 N–H and O–H groups in total. The second-order valence-corrected chi connectivity index (χ2v) is 17.7. The number of fused-ring (bicyclic) bond motifs is 8. The Morgan fingerprint density at radius 3 is 2.13 bits per heavy atom. The van der Waals surface area contributed by atoms with Crippen molar-refractivity contribution in [3.05, 3.63) is 98.6 Å². The van der Waals surface area contributed by atoms with Crippen LogP contribution in [0.5, 0.6) is 0 Å². The minimum Gasteiger partial charge on any atom is -0.480 e. The number of aliphatic carboxylic acids is 1. The van der Waals surface area contributed by atoms with E-state index in [0.717, 1.165) is 34.6 Å². The maximum atomic E-state index is 14.4. The van der Waals surface area contributed by atoms with Gasteiger partial charge in [-0.05, 0) is 80.6 Å². The number of methoxy groups -OCH3 is 1. The maximum absolute atomic E-state index is 14.4. The van der Waals surface area contributed by atoms with Crippen molar-refractivity contribution in [2.45, 2.75) is 103 Å². The van der Waals surface area contributed by atoms with E-state index in [4.69, 9.17) is 37.9 Å². The third kappa shape index (κ3) is 8.61. The molecule has 0 saturated carbocycles. The SMILES string of the molecule is CC[C@H]1c2cc3[nH]c4c(c3C)C(=O)[C@@H](C(=O)OC)c4c3nc(cc4[nH]c(cc(n2)[C@@H]1C)c(C(C)=O)c4C)[C@@H](C)[C@@H]3CCC(=O)NC(Cc1ccc(N(CCCl)CCCl)cc1)C(=O)O. The number of H-pyrrole nitrogens is 2. The van der Waals surface area contributed by atoms with Crippen LogP contribution in [-0.2, 0) is 25.5 Å². The van der Waals surface area contributed by atoms with E-state index in [-0.39, 0.29) is 42.8 Å². The van der Waals surface area contributed by atoms with Gasteiger partial charge >= 0.3 is 11.9 Å². The van der Waals surface area contributed by atoms with E-state index in [9.17, 15) is 29.1 Å². The molecule has 1 aromatic carbocycles. The van der Waals surface area contributed by atoms with E-state index in [0.29, 0.717) is 80.6 Å². The molecule has 6 atom stereocenters. The lowest BCUT2D eigenvalue weighted by atomic mass is 9.83. The number of carboxylic acids is 1. The minimum absolute atomic E-state index is 0.0489. The number of hydrogen-bond acceptors (Lipinski definition) is 9. The van der Waals surface area contributed by atoms with Gasteiger partial charge in [0.1, 0.15) is 12.0 Å². The number of rotatable bonds is 15. The van der Waals surface area contributed by atoms with Gasteiger partial charge in [0.2, 0.25) is 5.91 Å². The zero-order chi connectivity index (χ0) is 45.4. The van der Waals surface area contributed by atoms with Crippen LogP contribution in [0.25, 0.3) is 22.1 Å². The van der Waals surface area contributed by atoms with Gasteiger partial charge in [-0.1, -0.05) is 32.9 Å². The Morgan fingerprint density at radius 2 is 1.51 bits per heavy atom. The standard InChI is InChI=1S/C48H54Cl2N6O7/c1-8-30-23(2)32-22-37-40(27(6)57)25(4)34(52-37)20-33-24(3)31(13-14-39(58)53-38(47(60)61)19-28-9-11-29(12-10-28)56(17-15-49)18-16-50)44(54-33)42-43(48(62)63-7)46(59)41-26(5)35(55-45(41)42)21-36(30)51-32/h9-12,20-24,30-31,38,43,52,55H,8,13-19H2,1-7H3,(H,53,58)(H,60,61)/t23-,24+,30-,31+,38?,43+/m1/s1. The van der Waals surface area contributed by atoms with Crippen LogP contribution in [0.4, 0.5) is 5.69 Å². The van der Waals surface area contributed by atoms with Crippen molar-refractivity contribution >= 4 is 80.4 Å². The largest absolute Gasteiger partial charge is 0.480 e. The number of hydrogen-bond donors (Lipinski definition) is 4. The second-order valence-electron chi connectivity index (χ2n) is 16.9. The molecule has 0 spiro atoms. The molecule has 15 heteroatoms. The third-order valence-electron chi connectivity index (χ3n) is 13.2. The number of nitrogens with zero attached hydrogens (tertiary/aromatic N) is 3. The highest BCUT2D eigenvalue weighted by Crippen LogP contribution is 2.48. The Bertz CT molecular complexity index is 2650. The normalized spacial score (nSPS) is 19.5. The summed E-state index contributed by atoms with van der Waals surface area (Å²) in [5.74, 6) is -4.02. The number of esters is 1. The molecule has 1 aliphatic carbocycles. The minimum atomic E-state index is -1.30. The highest BCUT2D eigenvalue weighted by molar-refractivity contribution is 6.23. The van der Waals surface area contributed by atoms with Crippen molar-refractivity contribution in [2.75, 3.05) is 36.9 Å². The fourth-order valence-electron chi connectivity index (χ4n) is 9.74. The summed E-state index contributed by atoms with van der Waals surface area (Å²) < 4.78 is 5.24. The van der Waals surface area contributed by atoms with Crippen LogP contribution in [0, 0.1) is 13.8 Å². The quantitative estimate of drug-likeness (QED) is 0.0389. The number of anilines is 1. The fraction of sp³-hybridized carbons (Fsp3) is 0.438. The number of carbonyl (C=O) groups excluding carboxylic acids is 4. The number of alkyl halides is 2. The van der Waals surface area contributed by atoms with Crippen LogP contribution in [0.3, 0.4) is 0 Å². The number of aromatic amines is 2. The van der Waals surface area contributed by atoms with Gasteiger partial charge < -0.3 is 30.0 Å². The van der Waals surface area contributed by atoms with Gasteiger partial charge in [-0.25, -0.2) is 4.79 Å². The molecular weight excluding hydrogens is 843 g/mol. The number of ether oxygens (including phenoxy) is 1. The molecule has 5 heterocycles. The fourth-order valence-corrected chi connectivity index (χ4v) is 10.1. The molecule has 7 rings (SSSR count). The van der Waals surface area contributed by atoms with E-state index in [1.54, 1.807) is 0 Å². The van der Waals surface area contributed by atoms with Crippen molar-refractivity contribution in [3.63, 3.8) is 0 Å². The Balaban J connectivity index is 1.32. The first-order valence-corrected chi connectivity index (χ1v) is 22.6. The van der Waals surface area contributed by atoms with Crippen molar-refractivity contribution in [2.24, 2.45) is 0 Å². The zero-order valence-corrected chi connectivity index (χ0v) is 38.2. The first-order chi connectivity index (χ1) is 30.1. The Morgan fingerprint density at radius 1 is 0.889 bits per heavy atom. The van der Waals surface area contributed by atoms with E-state index in [1.807, 2.05) is 68.1 Å². The predicted octanol–water partition coefficient (Wildman–Crippen LogP) is 8.65. The van der Waals surface area contributed by atoms with Crippen molar-refractivity contribution in [3.8, 4) is 0 Å². The number of halogens is 2. The van der Waals surface area contributed by atoms with Gasteiger partial charge in [0, 0.05) is 112 Å². The molecule has 3 aliphatic rings. The summed E-state index contributed by atoms with van der Waals surface area (Å²) in [4.78, 5) is 86.8. The van der Waals surface area contributed by atoms with Gasteiger partial charge in [-0.2, -0.15) is 0 Å². The molecule has 63 heavy (non-hydrogen) atoms. The summed E-state index contributed by atoms with van der Waals surface area (Å²) in [5, 5.41) is 12.9. The molecule has 0 fully saturated rings. The first kappa shape index (κ1) is 45.5. The summed E-state index contributed by atoms with van der Waals surface area (Å²) in [5.41, 5.74) is 9.61. The number of ketones is 2. The van der Waals surface area contributed by atoms with E-state index < -0.39 is 41.5 Å². The molecular formula is C48H54Cl2N6O7. The van der Waals surface area contributed by atoms with Gasteiger partial charge in [0.15, 0.2) is 11.6 Å². The van der Waals surface area contributed by atoms with Gasteiger partial charge in [-0.15, -0.1) is 23.2 Å². The van der Waals surface area contributed by atoms with Crippen LogP contribution in [-0.4, -0.2) is 92.5 Å². The maximum Gasteiger partial charge on any atom is 0.326 e. The topological polar surface area (TPSA) is 187 Å². The summed E-state index contributed by atoms with van der Waals surface area (Å²) in [7, 11) is 1.25. The molecule has 3 aromatic heterocycles. The van der Waals surface area contributed by atoms with Crippen molar-refractivity contribution < 1.29 is 33.8 Å². The average molecular weight is 898 g/mol. The summed E-state index contributed by atoms with van der Waals surface area (Å²) in [6.07, 6.45) is 1.01. The first-order valence-electron chi connectivity index (χ1n) is 21.5.